The molecule has 21 heavy (non-hydrogen) atoms. The topological polar surface area (TPSA) is 57.6 Å². The van der Waals surface area contributed by atoms with E-state index in [1.807, 2.05) is 0 Å². The molecule has 1 N–H and O–H groups in total. The molecule has 3 aliphatic rings. The van der Waals surface area contributed by atoms with Crippen LogP contribution in [0.4, 0.5) is 5.69 Å². The molecule has 1 heterocycles. The van der Waals surface area contributed by atoms with Crippen LogP contribution in [0.15, 0.2) is 24.3 Å². The van der Waals surface area contributed by atoms with Crippen LogP contribution in [0, 0.1) is 23.7 Å². The number of carbonyl (C=O) groups is 2. The number of imide groups is 1. The lowest BCUT2D eigenvalue weighted by Gasteiger charge is -2.28. The van der Waals surface area contributed by atoms with E-state index in [9.17, 15) is 14.7 Å². The predicted molar refractivity (Wildman–Crippen MR) is 84.6 cm³/mol. The van der Waals surface area contributed by atoms with Crippen LogP contribution in [0.3, 0.4) is 0 Å². The van der Waals surface area contributed by atoms with Crippen LogP contribution < -0.4 is 4.90 Å². The molecule has 2 aliphatic carbocycles. The first kappa shape index (κ1) is 13.8. The van der Waals surface area contributed by atoms with E-state index < -0.39 is 0 Å². The van der Waals surface area contributed by atoms with Gasteiger partial charge in [0.1, 0.15) is 5.75 Å². The molecule has 110 valence electrons. The third kappa shape index (κ3) is 1.72. The summed E-state index contributed by atoms with van der Waals surface area (Å²) in [6.45, 7) is 0. The van der Waals surface area contributed by atoms with Gasteiger partial charge in [-0.2, -0.15) is 0 Å². The van der Waals surface area contributed by atoms with Crippen LogP contribution in [0.2, 0.25) is 0 Å². The zero-order chi connectivity index (χ0) is 14.9. The highest BCUT2D eigenvalue weighted by atomic mass is 79.9. The van der Waals surface area contributed by atoms with Gasteiger partial charge in [-0.25, -0.2) is 4.90 Å². The molecule has 3 fully saturated rings. The predicted octanol–water partition coefficient (Wildman–Crippen LogP) is 2.67. The second-order valence-electron chi connectivity index (χ2n) is 6.04. The van der Waals surface area contributed by atoms with Crippen molar-refractivity contribution < 1.29 is 14.7 Å². The molecule has 4 nitrogen and oxygen atoms in total. The van der Waals surface area contributed by atoms with Gasteiger partial charge in [-0.15, -0.1) is 0 Å². The molecular formula is C15H13Br2NO3. The first-order chi connectivity index (χ1) is 10.0. The molecule has 0 radical (unpaired) electrons. The van der Waals surface area contributed by atoms with E-state index in [0.29, 0.717) is 5.69 Å². The molecule has 1 aromatic rings. The average Bonchev–Trinajstić information content (AvgIpc) is 3.04. The van der Waals surface area contributed by atoms with Crippen LogP contribution in [0.5, 0.6) is 5.75 Å². The number of amides is 2. The maximum absolute atomic E-state index is 12.7. The van der Waals surface area contributed by atoms with Crippen molar-refractivity contribution in [3.63, 3.8) is 0 Å². The Kier molecular flexibility index (Phi) is 2.99. The standard InChI is InChI=1S/C15H13Br2NO3/c16-12-8-5-9(13(12)17)11-10(8)14(20)18(15(11)21)6-2-1-3-7(19)4-6/h1-4,8-13,19H,5H2/t8-,9+,10-,11-,12-,13+/m0/s1. The van der Waals surface area contributed by atoms with Crippen LogP contribution in [-0.2, 0) is 9.59 Å². The number of benzene rings is 1. The number of phenols is 1. The van der Waals surface area contributed by atoms with Gasteiger partial charge in [-0.1, -0.05) is 37.9 Å². The number of fused-ring (bicyclic) bond motifs is 5. The SMILES string of the molecule is O=C1[C@H]2[C@@H]3C[C@@H]([C@@H](Br)[C@H]3Br)[C@@H]2C(=O)N1c1cccc(O)c1. The Morgan fingerprint density at radius 1 is 1.05 bits per heavy atom. The summed E-state index contributed by atoms with van der Waals surface area (Å²) in [4.78, 5) is 27.2. The number of hydrogen-bond donors (Lipinski definition) is 1. The second-order valence-corrected chi connectivity index (χ2v) is 8.15. The number of halogens is 2. The molecule has 1 saturated heterocycles. The normalized spacial score (nSPS) is 41.0. The smallest absolute Gasteiger partial charge is 0.238 e. The monoisotopic (exact) mass is 413 g/mol. The highest BCUT2D eigenvalue weighted by molar-refractivity contribution is 9.12. The number of alkyl halides is 2. The minimum Gasteiger partial charge on any atom is -0.508 e. The van der Waals surface area contributed by atoms with Gasteiger partial charge in [0, 0.05) is 15.7 Å². The van der Waals surface area contributed by atoms with Crippen molar-refractivity contribution in [3.8, 4) is 5.75 Å². The lowest BCUT2D eigenvalue weighted by Crippen LogP contribution is -2.37. The summed E-state index contributed by atoms with van der Waals surface area (Å²) in [7, 11) is 0. The zero-order valence-corrected chi connectivity index (χ0v) is 14.1. The van der Waals surface area contributed by atoms with Crippen LogP contribution in [0.1, 0.15) is 6.42 Å². The summed E-state index contributed by atoms with van der Waals surface area (Å²) in [6, 6.07) is 6.34. The Labute approximate surface area is 138 Å². The van der Waals surface area contributed by atoms with E-state index in [1.165, 1.54) is 17.0 Å². The maximum Gasteiger partial charge on any atom is 0.238 e. The van der Waals surface area contributed by atoms with Crippen molar-refractivity contribution in [1.82, 2.24) is 0 Å². The minimum absolute atomic E-state index is 0.0601. The molecule has 6 heteroatoms. The van der Waals surface area contributed by atoms with E-state index in [4.69, 9.17) is 0 Å². The average molecular weight is 415 g/mol. The number of aromatic hydroxyl groups is 1. The highest BCUT2D eigenvalue weighted by Crippen LogP contribution is 2.60. The summed E-state index contributed by atoms with van der Waals surface area (Å²) in [5.74, 6) is -0.193. The Bertz CT molecular complexity index is 618. The summed E-state index contributed by atoms with van der Waals surface area (Å²) in [6.07, 6.45) is 0.923. The summed E-state index contributed by atoms with van der Waals surface area (Å²) < 4.78 is 0. The first-order valence-electron chi connectivity index (χ1n) is 6.95. The fourth-order valence-corrected chi connectivity index (χ4v) is 6.11. The summed E-state index contributed by atoms with van der Waals surface area (Å²) in [5.41, 5.74) is 0.469. The summed E-state index contributed by atoms with van der Waals surface area (Å²) in [5, 5.41) is 9.59. The van der Waals surface area contributed by atoms with Gasteiger partial charge in [-0.05, 0) is 30.4 Å². The van der Waals surface area contributed by atoms with E-state index in [-0.39, 0.29) is 50.9 Å². The number of nitrogens with zero attached hydrogens (tertiary/aromatic N) is 1. The second kappa shape index (κ2) is 4.56. The van der Waals surface area contributed by atoms with Crippen LogP contribution in [-0.4, -0.2) is 26.6 Å². The lowest BCUT2D eigenvalue weighted by atomic mass is 9.81. The van der Waals surface area contributed by atoms with Gasteiger partial charge in [0.25, 0.3) is 0 Å². The Morgan fingerprint density at radius 3 is 2.14 bits per heavy atom. The maximum atomic E-state index is 12.7. The molecule has 6 atom stereocenters. The Morgan fingerprint density at radius 2 is 1.62 bits per heavy atom. The summed E-state index contributed by atoms with van der Waals surface area (Å²) >= 11 is 7.33. The number of anilines is 1. The van der Waals surface area contributed by atoms with Gasteiger partial charge in [-0.3, -0.25) is 9.59 Å². The number of phenolic OH excluding ortho intramolecular Hbond substituents is 1. The quantitative estimate of drug-likeness (QED) is 0.567. The van der Waals surface area contributed by atoms with Gasteiger partial charge in [0.2, 0.25) is 11.8 Å². The molecule has 0 aromatic heterocycles. The first-order valence-corrected chi connectivity index (χ1v) is 8.79. The van der Waals surface area contributed by atoms with Crippen LogP contribution in [0.25, 0.3) is 0 Å². The Balaban J connectivity index is 1.75. The van der Waals surface area contributed by atoms with Gasteiger partial charge in [0.15, 0.2) is 0 Å². The molecule has 0 spiro atoms. The number of hydrogen-bond acceptors (Lipinski definition) is 3. The highest BCUT2D eigenvalue weighted by Gasteiger charge is 2.66. The van der Waals surface area contributed by atoms with Gasteiger partial charge >= 0.3 is 0 Å². The van der Waals surface area contributed by atoms with E-state index in [2.05, 4.69) is 31.9 Å². The molecule has 2 bridgehead atoms. The van der Waals surface area contributed by atoms with Crippen molar-refractivity contribution in [3.05, 3.63) is 24.3 Å². The molecule has 2 amide bonds. The molecule has 4 rings (SSSR count). The van der Waals surface area contributed by atoms with E-state index in [1.54, 1.807) is 12.1 Å². The fourth-order valence-electron chi connectivity index (χ4n) is 4.24. The van der Waals surface area contributed by atoms with Crippen molar-refractivity contribution >= 4 is 49.4 Å². The lowest BCUT2D eigenvalue weighted by molar-refractivity contribution is -0.123. The fraction of sp³-hybridized carbons (Fsp3) is 0.467. The third-order valence-corrected chi connectivity index (χ3v) is 8.28. The zero-order valence-electron chi connectivity index (χ0n) is 10.9. The van der Waals surface area contributed by atoms with E-state index in [0.717, 1.165) is 6.42 Å². The van der Waals surface area contributed by atoms with E-state index >= 15 is 0 Å². The van der Waals surface area contributed by atoms with Crippen molar-refractivity contribution in [2.24, 2.45) is 23.7 Å². The van der Waals surface area contributed by atoms with Crippen molar-refractivity contribution in [2.75, 3.05) is 4.90 Å². The van der Waals surface area contributed by atoms with Crippen molar-refractivity contribution in [1.29, 1.82) is 0 Å². The van der Waals surface area contributed by atoms with Crippen LogP contribution >= 0.6 is 31.9 Å². The van der Waals surface area contributed by atoms with Crippen molar-refractivity contribution in [2.45, 2.75) is 16.1 Å². The molecular weight excluding hydrogens is 402 g/mol. The minimum atomic E-state index is -0.219. The number of carbonyl (C=O) groups excluding carboxylic acids is 2. The molecule has 1 aliphatic heterocycles. The number of rotatable bonds is 1. The largest absolute Gasteiger partial charge is 0.508 e. The molecule has 2 saturated carbocycles. The van der Waals surface area contributed by atoms with Gasteiger partial charge in [0.05, 0.1) is 17.5 Å². The third-order valence-electron chi connectivity index (χ3n) is 5.08. The molecule has 1 aromatic carbocycles. The van der Waals surface area contributed by atoms with Gasteiger partial charge < -0.3 is 5.11 Å². The Hall–Kier alpha value is -0.880. The molecule has 0 unspecified atom stereocenters.